The van der Waals surface area contributed by atoms with Crippen LogP contribution in [0, 0.1) is 0 Å². The monoisotopic (exact) mass is 367 g/mol. The van der Waals surface area contributed by atoms with E-state index in [-0.39, 0.29) is 6.04 Å². The first-order valence-corrected chi connectivity index (χ1v) is 8.19. The van der Waals surface area contributed by atoms with Gasteiger partial charge in [-0.2, -0.15) is 5.11 Å². The fraction of sp³-hybridized carbons (Fsp3) is 0.143. The molecular weight excluding hydrogens is 357 g/mol. The Kier molecular flexibility index (Phi) is 4.90. The molecule has 2 aromatic heterocycles. The molecule has 0 bridgehead atoms. The number of azo groups is 1. The van der Waals surface area contributed by atoms with Crippen molar-refractivity contribution in [2.75, 3.05) is 5.32 Å². The van der Waals surface area contributed by atoms with Crippen LogP contribution in [0.3, 0.4) is 0 Å². The lowest BCUT2D eigenvalue weighted by Crippen LogP contribution is -1.89. The van der Waals surface area contributed by atoms with Crippen molar-refractivity contribution in [3.8, 4) is 0 Å². The van der Waals surface area contributed by atoms with Crippen molar-refractivity contribution in [1.82, 2.24) is 10.2 Å². The normalized spacial score (nSPS) is 12.7. The molecule has 118 valence electrons. The smallest absolute Gasteiger partial charge is 0.253 e. The first kappa shape index (κ1) is 15.9. The topological polar surface area (TPSA) is 75.7 Å². The molecular formula is C14H11Cl2N5OS. The molecule has 1 unspecified atom stereocenters. The minimum Gasteiger partial charge on any atom is -0.467 e. The van der Waals surface area contributed by atoms with Gasteiger partial charge in [-0.3, -0.25) is 0 Å². The van der Waals surface area contributed by atoms with Crippen molar-refractivity contribution < 1.29 is 4.42 Å². The molecule has 1 atom stereocenters. The lowest BCUT2D eigenvalue weighted by Gasteiger charge is -2.02. The zero-order valence-electron chi connectivity index (χ0n) is 11.9. The number of benzene rings is 1. The summed E-state index contributed by atoms with van der Waals surface area (Å²) < 4.78 is 5.27. The molecule has 0 aliphatic heterocycles. The maximum absolute atomic E-state index is 5.97. The Balaban J connectivity index is 1.67. The summed E-state index contributed by atoms with van der Waals surface area (Å²) in [5, 5.41) is 21.3. The molecule has 23 heavy (non-hydrogen) atoms. The summed E-state index contributed by atoms with van der Waals surface area (Å²) in [7, 11) is 0. The second-order valence-electron chi connectivity index (χ2n) is 4.55. The van der Waals surface area contributed by atoms with E-state index in [0.29, 0.717) is 20.3 Å². The second kappa shape index (κ2) is 7.08. The van der Waals surface area contributed by atoms with Crippen LogP contribution >= 0.6 is 34.5 Å². The van der Waals surface area contributed by atoms with E-state index in [1.54, 1.807) is 24.5 Å². The Hall–Kier alpha value is -1.96. The van der Waals surface area contributed by atoms with Crippen LogP contribution < -0.4 is 5.32 Å². The number of hydrogen-bond donors (Lipinski definition) is 1. The van der Waals surface area contributed by atoms with Crippen LogP contribution in [-0.2, 0) is 0 Å². The van der Waals surface area contributed by atoms with Crippen LogP contribution in [0.2, 0.25) is 10.0 Å². The fourth-order valence-corrected chi connectivity index (χ4v) is 2.62. The van der Waals surface area contributed by atoms with Crippen molar-refractivity contribution in [2.45, 2.75) is 13.0 Å². The zero-order chi connectivity index (χ0) is 16.2. The molecule has 9 heteroatoms. The highest BCUT2D eigenvalue weighted by Gasteiger charge is 2.08. The average Bonchev–Trinajstić information content (AvgIpc) is 3.20. The van der Waals surface area contributed by atoms with Crippen LogP contribution in [0.25, 0.3) is 0 Å². The highest BCUT2D eigenvalue weighted by atomic mass is 35.5. The average molecular weight is 368 g/mol. The Morgan fingerprint density at radius 1 is 1.22 bits per heavy atom. The van der Waals surface area contributed by atoms with Gasteiger partial charge in [0.1, 0.15) is 11.8 Å². The van der Waals surface area contributed by atoms with E-state index in [2.05, 4.69) is 25.7 Å². The summed E-state index contributed by atoms with van der Waals surface area (Å²) in [6.45, 7) is 1.89. The van der Waals surface area contributed by atoms with Gasteiger partial charge in [0.25, 0.3) is 5.13 Å². The van der Waals surface area contributed by atoms with Gasteiger partial charge in [0, 0.05) is 5.69 Å². The minimum absolute atomic E-state index is 0.180. The number of aromatic nitrogens is 2. The molecule has 2 heterocycles. The number of halogens is 2. The van der Waals surface area contributed by atoms with Crippen LogP contribution in [-0.4, -0.2) is 10.2 Å². The molecule has 0 amide bonds. The third kappa shape index (κ3) is 4.07. The van der Waals surface area contributed by atoms with E-state index in [1.165, 1.54) is 11.3 Å². The molecule has 0 saturated heterocycles. The molecule has 1 aromatic carbocycles. The lowest BCUT2D eigenvalue weighted by molar-refractivity contribution is 0.474. The Morgan fingerprint density at radius 2 is 2.09 bits per heavy atom. The van der Waals surface area contributed by atoms with Crippen molar-refractivity contribution in [3.05, 3.63) is 52.4 Å². The summed E-state index contributed by atoms with van der Waals surface area (Å²) in [4.78, 5) is 0. The van der Waals surface area contributed by atoms with E-state index in [0.717, 1.165) is 11.4 Å². The largest absolute Gasteiger partial charge is 0.467 e. The molecule has 0 aliphatic carbocycles. The Bertz CT molecular complexity index is 818. The summed E-state index contributed by atoms with van der Waals surface area (Å²) >= 11 is 13.1. The van der Waals surface area contributed by atoms with Crippen molar-refractivity contribution in [3.63, 3.8) is 0 Å². The summed E-state index contributed by atoms with van der Waals surface area (Å²) in [6, 6.07) is 8.70. The second-order valence-corrected chi connectivity index (χ2v) is 6.32. The third-order valence-electron chi connectivity index (χ3n) is 2.86. The van der Waals surface area contributed by atoms with E-state index in [4.69, 9.17) is 27.6 Å². The van der Waals surface area contributed by atoms with Crippen molar-refractivity contribution in [2.24, 2.45) is 10.2 Å². The maximum atomic E-state index is 5.97. The number of nitrogens with one attached hydrogen (secondary N) is 1. The number of furan rings is 1. The van der Waals surface area contributed by atoms with E-state index in [1.807, 2.05) is 19.1 Å². The van der Waals surface area contributed by atoms with Gasteiger partial charge in [0.15, 0.2) is 0 Å². The summed E-state index contributed by atoms with van der Waals surface area (Å²) in [5.41, 5.74) is 0.767. The SMILES string of the molecule is CC(N=Nc1nnc(Nc2ccc(Cl)c(Cl)c2)s1)c1ccco1. The maximum Gasteiger partial charge on any atom is 0.253 e. The van der Waals surface area contributed by atoms with Crippen LogP contribution in [0.1, 0.15) is 18.7 Å². The first-order chi connectivity index (χ1) is 11.1. The molecule has 0 spiro atoms. The number of nitrogens with zero attached hydrogens (tertiary/aromatic N) is 4. The predicted octanol–water partition coefficient (Wildman–Crippen LogP) is 6.03. The molecule has 3 rings (SSSR count). The standard InChI is InChI=1S/C14H11Cl2N5OS/c1-8(12-3-2-6-22-12)18-20-14-21-19-13(23-14)17-9-4-5-10(15)11(16)7-9/h2-8H,1H3,(H,17,19). The van der Waals surface area contributed by atoms with E-state index >= 15 is 0 Å². The van der Waals surface area contributed by atoms with Gasteiger partial charge in [0.05, 0.1) is 16.3 Å². The molecule has 3 aromatic rings. The van der Waals surface area contributed by atoms with E-state index < -0.39 is 0 Å². The van der Waals surface area contributed by atoms with Gasteiger partial charge in [-0.1, -0.05) is 34.5 Å². The summed E-state index contributed by atoms with van der Waals surface area (Å²) in [6.07, 6.45) is 1.60. The Labute approximate surface area is 146 Å². The number of rotatable bonds is 5. The quantitative estimate of drug-likeness (QED) is 0.558. The van der Waals surface area contributed by atoms with Gasteiger partial charge in [-0.05, 0) is 37.3 Å². The highest BCUT2D eigenvalue weighted by molar-refractivity contribution is 7.18. The molecule has 0 fully saturated rings. The van der Waals surface area contributed by atoms with Crippen LogP contribution in [0.15, 0.2) is 51.2 Å². The molecule has 1 N–H and O–H groups in total. The van der Waals surface area contributed by atoms with Gasteiger partial charge in [-0.25, -0.2) is 0 Å². The van der Waals surface area contributed by atoms with Gasteiger partial charge in [-0.15, -0.1) is 15.3 Å². The lowest BCUT2D eigenvalue weighted by atomic mass is 10.3. The van der Waals surface area contributed by atoms with Gasteiger partial charge >= 0.3 is 0 Å². The first-order valence-electron chi connectivity index (χ1n) is 6.61. The third-order valence-corrected chi connectivity index (χ3v) is 4.32. The highest BCUT2D eigenvalue weighted by Crippen LogP contribution is 2.30. The number of anilines is 2. The number of hydrogen-bond acceptors (Lipinski definition) is 7. The van der Waals surface area contributed by atoms with Crippen molar-refractivity contribution >= 4 is 50.5 Å². The zero-order valence-corrected chi connectivity index (χ0v) is 14.2. The van der Waals surface area contributed by atoms with Crippen molar-refractivity contribution in [1.29, 1.82) is 0 Å². The van der Waals surface area contributed by atoms with E-state index in [9.17, 15) is 0 Å². The van der Waals surface area contributed by atoms with Crippen LogP contribution in [0.4, 0.5) is 16.0 Å². The Morgan fingerprint density at radius 3 is 2.83 bits per heavy atom. The minimum atomic E-state index is -0.180. The van der Waals surface area contributed by atoms with Crippen LogP contribution in [0.5, 0.6) is 0 Å². The summed E-state index contributed by atoms with van der Waals surface area (Å²) in [5.74, 6) is 0.743. The molecule has 0 radical (unpaired) electrons. The predicted molar refractivity (Wildman–Crippen MR) is 91.3 cm³/mol. The molecule has 6 nitrogen and oxygen atoms in total. The fourth-order valence-electron chi connectivity index (χ4n) is 1.73. The molecule has 0 aliphatic rings. The van der Waals surface area contributed by atoms with Gasteiger partial charge in [0.2, 0.25) is 5.13 Å². The molecule has 0 saturated carbocycles. The van der Waals surface area contributed by atoms with Gasteiger partial charge < -0.3 is 9.73 Å².